The normalized spacial score (nSPS) is 25.3. The van der Waals surface area contributed by atoms with Gasteiger partial charge in [0.1, 0.15) is 0 Å². The van der Waals surface area contributed by atoms with Crippen molar-refractivity contribution < 1.29 is 0 Å². The number of hydrogen-bond acceptors (Lipinski definition) is 3. The smallest absolute Gasteiger partial charge is 0.0549 e. The minimum absolute atomic E-state index is 0.599. The summed E-state index contributed by atoms with van der Waals surface area (Å²) in [7, 11) is 0. The minimum atomic E-state index is 0.599. The summed E-state index contributed by atoms with van der Waals surface area (Å²) in [6.07, 6.45) is 10.1. The van der Waals surface area contributed by atoms with E-state index in [1.807, 2.05) is 12.3 Å². The fraction of sp³-hybridized carbons (Fsp3) is 0.615. The van der Waals surface area contributed by atoms with E-state index in [1.54, 1.807) is 6.20 Å². The standard InChI is InChI=1S/C13H21N3/c1-2-10-4-3-5-12(6-10)16-13-7-11(14)8-15-9-13/h7-10,12,16H,2-6,14H2,1H3. The number of rotatable bonds is 3. The molecule has 88 valence electrons. The van der Waals surface area contributed by atoms with Crippen LogP contribution in [0.1, 0.15) is 39.0 Å². The number of anilines is 2. The Labute approximate surface area is 97.5 Å². The Morgan fingerprint density at radius 2 is 2.31 bits per heavy atom. The van der Waals surface area contributed by atoms with Gasteiger partial charge in [-0.2, -0.15) is 0 Å². The van der Waals surface area contributed by atoms with Gasteiger partial charge in [0, 0.05) is 12.2 Å². The number of nitrogens with two attached hydrogens (primary N) is 1. The van der Waals surface area contributed by atoms with E-state index in [-0.39, 0.29) is 0 Å². The van der Waals surface area contributed by atoms with Crippen LogP contribution in [-0.4, -0.2) is 11.0 Å². The van der Waals surface area contributed by atoms with Crippen LogP contribution >= 0.6 is 0 Å². The molecule has 0 aliphatic heterocycles. The molecular weight excluding hydrogens is 198 g/mol. The third-order valence-corrected chi connectivity index (χ3v) is 3.49. The number of aromatic nitrogens is 1. The predicted octanol–water partition coefficient (Wildman–Crippen LogP) is 3.04. The quantitative estimate of drug-likeness (QED) is 0.821. The largest absolute Gasteiger partial charge is 0.397 e. The zero-order chi connectivity index (χ0) is 11.4. The van der Waals surface area contributed by atoms with Crippen molar-refractivity contribution in [3.63, 3.8) is 0 Å². The van der Waals surface area contributed by atoms with Crippen LogP contribution in [0.25, 0.3) is 0 Å². The molecule has 0 bridgehead atoms. The average molecular weight is 219 g/mol. The van der Waals surface area contributed by atoms with Crippen LogP contribution in [0.3, 0.4) is 0 Å². The summed E-state index contributed by atoms with van der Waals surface area (Å²) in [6, 6.07) is 2.56. The van der Waals surface area contributed by atoms with Gasteiger partial charge in [0.15, 0.2) is 0 Å². The van der Waals surface area contributed by atoms with Gasteiger partial charge >= 0.3 is 0 Å². The summed E-state index contributed by atoms with van der Waals surface area (Å²) in [5, 5.41) is 3.54. The highest BCUT2D eigenvalue weighted by Crippen LogP contribution is 2.28. The zero-order valence-electron chi connectivity index (χ0n) is 9.95. The Morgan fingerprint density at radius 1 is 1.44 bits per heavy atom. The van der Waals surface area contributed by atoms with Crippen molar-refractivity contribution in [3.05, 3.63) is 18.5 Å². The van der Waals surface area contributed by atoms with E-state index in [9.17, 15) is 0 Å². The second-order valence-corrected chi connectivity index (χ2v) is 4.79. The summed E-state index contributed by atoms with van der Waals surface area (Å²) in [5.41, 5.74) is 7.50. The van der Waals surface area contributed by atoms with Crippen LogP contribution in [0.2, 0.25) is 0 Å². The van der Waals surface area contributed by atoms with Gasteiger partial charge in [0.2, 0.25) is 0 Å². The Bertz CT molecular complexity index is 338. The second kappa shape index (κ2) is 5.19. The summed E-state index contributed by atoms with van der Waals surface area (Å²) in [4.78, 5) is 4.10. The molecule has 0 amide bonds. The highest BCUT2D eigenvalue weighted by Gasteiger charge is 2.20. The Balaban J connectivity index is 1.94. The predicted molar refractivity (Wildman–Crippen MR) is 68.3 cm³/mol. The Kier molecular flexibility index (Phi) is 3.65. The molecule has 3 nitrogen and oxygen atoms in total. The maximum atomic E-state index is 5.71. The molecule has 1 heterocycles. The average Bonchev–Trinajstić information content (AvgIpc) is 2.29. The SMILES string of the molecule is CCC1CCCC(Nc2cncc(N)c2)C1. The molecule has 0 radical (unpaired) electrons. The Hall–Kier alpha value is -1.25. The molecule has 1 aliphatic carbocycles. The van der Waals surface area contributed by atoms with Gasteiger partial charge in [0.25, 0.3) is 0 Å². The summed E-state index contributed by atoms with van der Waals surface area (Å²) in [5.74, 6) is 0.889. The van der Waals surface area contributed by atoms with Gasteiger partial charge in [0.05, 0.1) is 17.6 Å². The third-order valence-electron chi connectivity index (χ3n) is 3.49. The number of pyridine rings is 1. The molecule has 3 heteroatoms. The molecular formula is C13H21N3. The molecule has 2 unspecified atom stereocenters. The van der Waals surface area contributed by atoms with Gasteiger partial charge < -0.3 is 11.1 Å². The van der Waals surface area contributed by atoms with Crippen LogP contribution in [0, 0.1) is 5.92 Å². The van der Waals surface area contributed by atoms with Gasteiger partial charge in [-0.1, -0.05) is 26.2 Å². The summed E-state index contributed by atoms with van der Waals surface area (Å²) in [6.45, 7) is 2.29. The first kappa shape index (κ1) is 11.2. The maximum Gasteiger partial charge on any atom is 0.0549 e. The van der Waals surface area contributed by atoms with Gasteiger partial charge in [-0.05, 0) is 24.8 Å². The molecule has 1 aromatic heterocycles. The van der Waals surface area contributed by atoms with Crippen LogP contribution in [0.5, 0.6) is 0 Å². The molecule has 0 spiro atoms. The van der Waals surface area contributed by atoms with E-state index < -0.39 is 0 Å². The lowest BCUT2D eigenvalue weighted by molar-refractivity contribution is 0.327. The number of nitrogens with one attached hydrogen (secondary N) is 1. The van der Waals surface area contributed by atoms with Crippen LogP contribution in [-0.2, 0) is 0 Å². The van der Waals surface area contributed by atoms with Crippen molar-refractivity contribution in [2.45, 2.75) is 45.1 Å². The van der Waals surface area contributed by atoms with E-state index in [1.165, 1.54) is 32.1 Å². The zero-order valence-corrected chi connectivity index (χ0v) is 9.95. The van der Waals surface area contributed by atoms with E-state index in [0.717, 1.165) is 17.3 Å². The van der Waals surface area contributed by atoms with Gasteiger partial charge in [-0.25, -0.2) is 0 Å². The molecule has 16 heavy (non-hydrogen) atoms. The van der Waals surface area contributed by atoms with E-state index >= 15 is 0 Å². The van der Waals surface area contributed by atoms with E-state index in [0.29, 0.717) is 6.04 Å². The molecule has 3 N–H and O–H groups in total. The molecule has 0 saturated heterocycles. The van der Waals surface area contributed by atoms with Crippen LogP contribution in [0.4, 0.5) is 11.4 Å². The molecule has 0 aromatic carbocycles. The lowest BCUT2D eigenvalue weighted by Crippen LogP contribution is -2.27. The number of nitrogen functional groups attached to an aromatic ring is 1. The first-order valence-corrected chi connectivity index (χ1v) is 6.25. The fourth-order valence-corrected chi connectivity index (χ4v) is 2.57. The van der Waals surface area contributed by atoms with Crippen LogP contribution in [0.15, 0.2) is 18.5 Å². The van der Waals surface area contributed by atoms with Crippen molar-refractivity contribution >= 4 is 11.4 Å². The van der Waals surface area contributed by atoms with Gasteiger partial charge in [-0.15, -0.1) is 0 Å². The Morgan fingerprint density at radius 3 is 3.06 bits per heavy atom. The molecule has 1 aliphatic rings. The molecule has 1 aromatic rings. The molecule has 2 atom stereocenters. The molecule has 2 rings (SSSR count). The van der Waals surface area contributed by atoms with E-state index in [4.69, 9.17) is 5.73 Å². The third kappa shape index (κ3) is 2.87. The molecule has 1 saturated carbocycles. The lowest BCUT2D eigenvalue weighted by atomic mass is 9.84. The highest BCUT2D eigenvalue weighted by molar-refractivity contribution is 5.51. The minimum Gasteiger partial charge on any atom is -0.397 e. The molecule has 1 fully saturated rings. The number of nitrogens with zero attached hydrogens (tertiary/aromatic N) is 1. The fourth-order valence-electron chi connectivity index (χ4n) is 2.57. The topological polar surface area (TPSA) is 50.9 Å². The maximum absolute atomic E-state index is 5.71. The van der Waals surface area contributed by atoms with Crippen molar-refractivity contribution in [1.82, 2.24) is 4.98 Å². The first-order valence-electron chi connectivity index (χ1n) is 6.25. The summed E-state index contributed by atoms with van der Waals surface area (Å²) < 4.78 is 0. The monoisotopic (exact) mass is 219 g/mol. The first-order chi connectivity index (χ1) is 7.78. The van der Waals surface area contributed by atoms with E-state index in [2.05, 4.69) is 17.2 Å². The second-order valence-electron chi connectivity index (χ2n) is 4.79. The van der Waals surface area contributed by atoms with Crippen molar-refractivity contribution in [2.24, 2.45) is 5.92 Å². The van der Waals surface area contributed by atoms with Gasteiger partial charge in [-0.3, -0.25) is 4.98 Å². The lowest BCUT2D eigenvalue weighted by Gasteiger charge is -2.29. The van der Waals surface area contributed by atoms with Crippen molar-refractivity contribution in [2.75, 3.05) is 11.1 Å². The number of hydrogen-bond donors (Lipinski definition) is 2. The highest BCUT2D eigenvalue weighted by atomic mass is 14.9. The van der Waals surface area contributed by atoms with Crippen molar-refractivity contribution in [3.8, 4) is 0 Å². The van der Waals surface area contributed by atoms with Crippen molar-refractivity contribution in [1.29, 1.82) is 0 Å². The summed E-state index contributed by atoms with van der Waals surface area (Å²) >= 11 is 0. The van der Waals surface area contributed by atoms with Crippen LogP contribution < -0.4 is 11.1 Å².